The monoisotopic (exact) mass is 408 g/mol. The summed E-state index contributed by atoms with van der Waals surface area (Å²) < 4.78 is 34.3. The van der Waals surface area contributed by atoms with Crippen LogP contribution in [0, 0.1) is 0 Å². The largest absolute Gasteiger partial charge is 0.493 e. The van der Waals surface area contributed by atoms with Gasteiger partial charge in [0, 0.05) is 58.8 Å². The van der Waals surface area contributed by atoms with Crippen molar-refractivity contribution in [3.63, 3.8) is 0 Å². The van der Waals surface area contributed by atoms with Gasteiger partial charge in [0.2, 0.25) is 5.91 Å². The zero-order valence-electron chi connectivity index (χ0n) is 16.3. The summed E-state index contributed by atoms with van der Waals surface area (Å²) in [6.07, 6.45) is 1.23. The molecule has 4 rings (SSSR count). The first kappa shape index (κ1) is 19.6. The highest BCUT2D eigenvalue weighted by Gasteiger charge is 2.34. The van der Waals surface area contributed by atoms with Gasteiger partial charge < -0.3 is 14.5 Å². The van der Waals surface area contributed by atoms with Gasteiger partial charge in [0.1, 0.15) is 5.75 Å². The third-order valence-electron chi connectivity index (χ3n) is 5.82. The van der Waals surface area contributed by atoms with E-state index in [0.29, 0.717) is 52.3 Å². The van der Waals surface area contributed by atoms with Crippen molar-refractivity contribution in [2.24, 2.45) is 0 Å². The third kappa shape index (κ3) is 4.03. The van der Waals surface area contributed by atoms with Gasteiger partial charge in [0.15, 0.2) is 0 Å². The predicted octanol–water partition coefficient (Wildman–Crippen LogP) is -0.200. The molecule has 0 radical (unpaired) electrons. The van der Waals surface area contributed by atoms with Crippen molar-refractivity contribution in [2.75, 3.05) is 66.0 Å². The lowest BCUT2D eigenvalue weighted by atomic mass is 10.1. The van der Waals surface area contributed by atoms with Crippen molar-refractivity contribution >= 4 is 16.1 Å². The first-order valence-electron chi connectivity index (χ1n) is 9.89. The fourth-order valence-corrected chi connectivity index (χ4v) is 5.56. The number of piperazine rings is 2. The van der Waals surface area contributed by atoms with E-state index in [0.717, 1.165) is 36.4 Å². The quantitative estimate of drug-likeness (QED) is 0.690. The van der Waals surface area contributed by atoms with E-state index in [2.05, 4.69) is 4.90 Å². The average molecular weight is 409 g/mol. The Labute approximate surface area is 166 Å². The number of benzene rings is 1. The standard InChI is InChI=1S/C19H28N4O4S/c1-20-5-9-22(10-6-20)28(25,26)23-11-7-21(8-12-23)19(24)15-16-2-3-18-17(14-16)4-13-27-18/h2-3,14H,4-13,15H2,1H3. The van der Waals surface area contributed by atoms with Gasteiger partial charge in [0.25, 0.3) is 10.2 Å². The van der Waals surface area contributed by atoms with E-state index < -0.39 is 10.2 Å². The molecule has 3 aliphatic heterocycles. The topological polar surface area (TPSA) is 73.4 Å². The Morgan fingerprint density at radius 2 is 1.64 bits per heavy atom. The highest BCUT2D eigenvalue weighted by molar-refractivity contribution is 7.86. The summed E-state index contributed by atoms with van der Waals surface area (Å²) >= 11 is 0. The van der Waals surface area contributed by atoms with Crippen molar-refractivity contribution in [3.8, 4) is 5.75 Å². The molecule has 0 aromatic heterocycles. The molecular weight excluding hydrogens is 380 g/mol. The molecule has 1 amide bonds. The van der Waals surface area contributed by atoms with Crippen molar-refractivity contribution in [1.29, 1.82) is 0 Å². The van der Waals surface area contributed by atoms with E-state index in [4.69, 9.17) is 4.74 Å². The van der Waals surface area contributed by atoms with Crippen molar-refractivity contribution in [1.82, 2.24) is 18.4 Å². The maximum atomic E-state index is 12.8. The summed E-state index contributed by atoms with van der Waals surface area (Å²) in [6.45, 7) is 4.88. The molecule has 0 bridgehead atoms. The lowest BCUT2D eigenvalue weighted by molar-refractivity contribution is -0.131. The van der Waals surface area contributed by atoms with E-state index in [1.807, 2.05) is 25.2 Å². The summed E-state index contributed by atoms with van der Waals surface area (Å²) in [7, 11) is -1.43. The molecule has 0 saturated carbocycles. The molecule has 9 heteroatoms. The van der Waals surface area contributed by atoms with Gasteiger partial charge in [-0.25, -0.2) is 0 Å². The second kappa shape index (κ2) is 7.98. The molecule has 0 N–H and O–H groups in total. The normalized spacial score (nSPS) is 22.1. The fourth-order valence-electron chi connectivity index (χ4n) is 3.99. The second-order valence-corrected chi connectivity index (χ2v) is 9.64. The molecule has 0 unspecified atom stereocenters. The molecule has 0 atom stereocenters. The number of ether oxygens (including phenoxy) is 1. The van der Waals surface area contributed by atoms with Crippen LogP contribution in [0.1, 0.15) is 11.1 Å². The van der Waals surface area contributed by atoms with Crippen LogP contribution in [-0.4, -0.2) is 98.7 Å². The Hall–Kier alpha value is -1.68. The molecule has 154 valence electrons. The smallest absolute Gasteiger partial charge is 0.282 e. The van der Waals surface area contributed by atoms with Crippen molar-refractivity contribution in [3.05, 3.63) is 29.3 Å². The van der Waals surface area contributed by atoms with E-state index >= 15 is 0 Å². The van der Waals surface area contributed by atoms with Gasteiger partial charge in [-0.1, -0.05) is 12.1 Å². The van der Waals surface area contributed by atoms with E-state index in [1.165, 1.54) is 4.31 Å². The Bertz CT molecular complexity index is 828. The molecule has 0 aliphatic carbocycles. The SMILES string of the molecule is CN1CCN(S(=O)(=O)N2CCN(C(=O)Cc3ccc4c(c3)CCO4)CC2)CC1. The lowest BCUT2D eigenvalue weighted by Crippen LogP contribution is -2.57. The molecule has 2 saturated heterocycles. The number of amides is 1. The van der Waals surface area contributed by atoms with Crippen molar-refractivity contribution < 1.29 is 17.9 Å². The minimum absolute atomic E-state index is 0.0514. The minimum atomic E-state index is -3.44. The summed E-state index contributed by atoms with van der Waals surface area (Å²) in [5.41, 5.74) is 2.15. The zero-order valence-corrected chi connectivity index (χ0v) is 17.2. The molecule has 28 heavy (non-hydrogen) atoms. The Balaban J connectivity index is 1.31. The molecule has 3 heterocycles. The Morgan fingerprint density at radius 3 is 2.32 bits per heavy atom. The Kier molecular flexibility index (Phi) is 5.59. The number of carbonyl (C=O) groups is 1. The summed E-state index contributed by atoms with van der Waals surface area (Å²) in [4.78, 5) is 16.6. The van der Waals surface area contributed by atoms with Gasteiger partial charge >= 0.3 is 0 Å². The first-order valence-corrected chi connectivity index (χ1v) is 11.3. The maximum absolute atomic E-state index is 12.8. The molecule has 1 aromatic rings. The molecular formula is C19H28N4O4S. The van der Waals surface area contributed by atoms with Crippen LogP contribution < -0.4 is 4.74 Å². The van der Waals surface area contributed by atoms with Crippen LogP contribution >= 0.6 is 0 Å². The average Bonchev–Trinajstić information content (AvgIpc) is 3.16. The van der Waals surface area contributed by atoms with Gasteiger partial charge in [-0.15, -0.1) is 0 Å². The number of rotatable bonds is 4. The van der Waals surface area contributed by atoms with E-state index in [1.54, 1.807) is 9.21 Å². The molecule has 8 nitrogen and oxygen atoms in total. The van der Waals surface area contributed by atoms with Crippen LogP contribution in [0.15, 0.2) is 18.2 Å². The van der Waals surface area contributed by atoms with Gasteiger partial charge in [0.05, 0.1) is 13.0 Å². The van der Waals surface area contributed by atoms with Crippen molar-refractivity contribution in [2.45, 2.75) is 12.8 Å². The van der Waals surface area contributed by atoms with Gasteiger partial charge in [-0.3, -0.25) is 4.79 Å². The molecule has 2 fully saturated rings. The number of nitrogens with zero attached hydrogens (tertiary/aromatic N) is 4. The van der Waals surface area contributed by atoms with Crippen LogP contribution in [0.2, 0.25) is 0 Å². The number of hydrogen-bond donors (Lipinski definition) is 0. The van der Waals surface area contributed by atoms with Crippen LogP contribution in [0.3, 0.4) is 0 Å². The minimum Gasteiger partial charge on any atom is -0.493 e. The lowest BCUT2D eigenvalue weighted by Gasteiger charge is -2.39. The molecule has 1 aromatic carbocycles. The summed E-state index contributed by atoms with van der Waals surface area (Å²) in [6, 6.07) is 5.93. The summed E-state index contributed by atoms with van der Waals surface area (Å²) in [5.74, 6) is 0.967. The first-order chi connectivity index (χ1) is 13.4. The fraction of sp³-hybridized carbons (Fsp3) is 0.632. The van der Waals surface area contributed by atoms with Crippen LogP contribution in [0.25, 0.3) is 0 Å². The van der Waals surface area contributed by atoms with Crippen LogP contribution in [0.5, 0.6) is 5.75 Å². The van der Waals surface area contributed by atoms with Crippen LogP contribution in [-0.2, 0) is 27.8 Å². The Morgan fingerprint density at radius 1 is 1.00 bits per heavy atom. The van der Waals surface area contributed by atoms with E-state index in [9.17, 15) is 13.2 Å². The second-order valence-electron chi connectivity index (χ2n) is 7.71. The van der Waals surface area contributed by atoms with Crippen LogP contribution in [0.4, 0.5) is 0 Å². The number of carbonyl (C=O) groups excluding carboxylic acids is 1. The number of likely N-dealkylation sites (N-methyl/N-ethyl adjacent to an activating group) is 1. The maximum Gasteiger partial charge on any atom is 0.282 e. The highest BCUT2D eigenvalue weighted by atomic mass is 32.2. The molecule has 0 spiro atoms. The summed E-state index contributed by atoms with van der Waals surface area (Å²) in [5, 5.41) is 0. The predicted molar refractivity (Wildman–Crippen MR) is 105 cm³/mol. The zero-order chi connectivity index (χ0) is 19.7. The highest BCUT2D eigenvalue weighted by Crippen LogP contribution is 2.26. The van der Waals surface area contributed by atoms with E-state index in [-0.39, 0.29) is 5.91 Å². The van der Waals surface area contributed by atoms with Gasteiger partial charge in [-0.05, 0) is 24.2 Å². The van der Waals surface area contributed by atoms with Gasteiger partial charge in [-0.2, -0.15) is 17.0 Å². The number of fused-ring (bicyclic) bond motifs is 1. The third-order valence-corrected chi connectivity index (χ3v) is 7.85. The molecule has 3 aliphatic rings. The number of hydrogen-bond acceptors (Lipinski definition) is 5.